The zero-order chi connectivity index (χ0) is 9.19. The molecule has 0 unspecified atom stereocenters. The van der Waals surface area contributed by atoms with Gasteiger partial charge in [-0.2, -0.15) is 0 Å². The van der Waals surface area contributed by atoms with Gasteiger partial charge in [0.1, 0.15) is 0 Å². The molecular formula is C9H12Br2S. The molecule has 1 aromatic heterocycles. The summed E-state index contributed by atoms with van der Waals surface area (Å²) in [4.78, 5) is 1.45. The molecule has 0 fully saturated rings. The van der Waals surface area contributed by atoms with E-state index in [2.05, 4.69) is 57.8 Å². The van der Waals surface area contributed by atoms with Gasteiger partial charge in [-0.05, 0) is 39.9 Å². The van der Waals surface area contributed by atoms with Crippen molar-refractivity contribution in [3.63, 3.8) is 0 Å². The standard InChI is InChI=1S/C9H12Br2S/c1-9(2,6-10)5-7-3-4-8(11)12-7/h3-4H,5-6H2,1-2H3. The van der Waals surface area contributed by atoms with Crippen LogP contribution >= 0.6 is 43.2 Å². The molecule has 12 heavy (non-hydrogen) atoms. The van der Waals surface area contributed by atoms with E-state index >= 15 is 0 Å². The molecule has 0 spiro atoms. The predicted octanol–water partition coefficient (Wildman–Crippen LogP) is 4.47. The van der Waals surface area contributed by atoms with Crippen molar-refractivity contribution in [1.82, 2.24) is 0 Å². The molecule has 0 radical (unpaired) electrons. The molecule has 3 heteroatoms. The summed E-state index contributed by atoms with van der Waals surface area (Å²) >= 11 is 8.82. The Bertz CT molecular complexity index is 253. The van der Waals surface area contributed by atoms with Crippen molar-refractivity contribution in [3.05, 3.63) is 20.8 Å². The fraction of sp³-hybridized carbons (Fsp3) is 0.556. The second kappa shape index (κ2) is 4.25. The van der Waals surface area contributed by atoms with Crippen molar-refractivity contribution in [1.29, 1.82) is 0 Å². The highest BCUT2D eigenvalue weighted by Gasteiger charge is 2.17. The van der Waals surface area contributed by atoms with E-state index in [-0.39, 0.29) is 0 Å². The highest BCUT2D eigenvalue weighted by atomic mass is 79.9. The lowest BCUT2D eigenvalue weighted by molar-refractivity contribution is 0.428. The lowest BCUT2D eigenvalue weighted by atomic mass is 9.91. The molecule has 0 saturated carbocycles. The summed E-state index contributed by atoms with van der Waals surface area (Å²) in [5.74, 6) is 0. The van der Waals surface area contributed by atoms with Crippen LogP contribution in [0.5, 0.6) is 0 Å². The first kappa shape index (κ1) is 10.7. The number of alkyl halides is 1. The second-order valence-electron chi connectivity index (χ2n) is 3.68. The average molecular weight is 312 g/mol. The molecule has 1 rings (SSSR count). The molecule has 0 amide bonds. The minimum absolute atomic E-state index is 0.365. The number of hydrogen-bond donors (Lipinski definition) is 0. The number of hydrogen-bond acceptors (Lipinski definition) is 1. The summed E-state index contributed by atoms with van der Waals surface area (Å²) in [5.41, 5.74) is 0.365. The quantitative estimate of drug-likeness (QED) is 0.722. The summed E-state index contributed by atoms with van der Waals surface area (Å²) < 4.78 is 1.22. The molecule has 0 bridgehead atoms. The normalized spacial score (nSPS) is 12.0. The van der Waals surface area contributed by atoms with Gasteiger partial charge in [-0.15, -0.1) is 11.3 Å². The number of thiophene rings is 1. The van der Waals surface area contributed by atoms with Crippen LogP contribution in [0.3, 0.4) is 0 Å². The first-order chi connectivity index (χ1) is 5.53. The molecule has 0 N–H and O–H groups in total. The predicted molar refractivity (Wildman–Crippen MR) is 63.3 cm³/mol. The molecule has 0 atom stereocenters. The van der Waals surface area contributed by atoms with Gasteiger partial charge in [0, 0.05) is 10.2 Å². The highest BCUT2D eigenvalue weighted by Crippen LogP contribution is 2.30. The van der Waals surface area contributed by atoms with E-state index in [1.165, 1.54) is 8.66 Å². The van der Waals surface area contributed by atoms with Gasteiger partial charge in [-0.25, -0.2) is 0 Å². The van der Waals surface area contributed by atoms with Gasteiger partial charge in [0.15, 0.2) is 0 Å². The smallest absolute Gasteiger partial charge is 0.0701 e. The van der Waals surface area contributed by atoms with Crippen LogP contribution in [0.15, 0.2) is 15.9 Å². The van der Waals surface area contributed by atoms with Crippen LogP contribution < -0.4 is 0 Å². The number of halogens is 2. The van der Waals surface area contributed by atoms with Gasteiger partial charge in [0.25, 0.3) is 0 Å². The van der Waals surface area contributed by atoms with Crippen LogP contribution in [0.2, 0.25) is 0 Å². The summed E-state index contributed by atoms with van der Waals surface area (Å²) in [5, 5.41) is 1.05. The lowest BCUT2D eigenvalue weighted by Gasteiger charge is -2.19. The largest absolute Gasteiger partial charge is 0.133 e. The molecule has 0 aromatic carbocycles. The summed E-state index contributed by atoms with van der Waals surface area (Å²) in [6.45, 7) is 4.55. The summed E-state index contributed by atoms with van der Waals surface area (Å²) in [6.07, 6.45) is 1.15. The van der Waals surface area contributed by atoms with Gasteiger partial charge in [0.05, 0.1) is 3.79 Å². The van der Waals surface area contributed by atoms with Gasteiger partial charge in [-0.3, -0.25) is 0 Å². The van der Waals surface area contributed by atoms with Gasteiger partial charge in [-0.1, -0.05) is 29.8 Å². The first-order valence-electron chi connectivity index (χ1n) is 3.84. The Morgan fingerprint density at radius 3 is 2.50 bits per heavy atom. The van der Waals surface area contributed by atoms with Crippen molar-refractivity contribution in [3.8, 4) is 0 Å². The zero-order valence-corrected chi connectivity index (χ0v) is 11.2. The third-order valence-corrected chi connectivity index (χ3v) is 4.78. The van der Waals surface area contributed by atoms with Crippen LogP contribution in [0.1, 0.15) is 18.7 Å². The van der Waals surface area contributed by atoms with E-state index in [4.69, 9.17) is 0 Å². The lowest BCUT2D eigenvalue weighted by Crippen LogP contribution is -2.15. The third-order valence-electron chi connectivity index (χ3n) is 1.64. The molecule has 0 nitrogen and oxygen atoms in total. The Balaban J connectivity index is 2.63. The minimum atomic E-state index is 0.365. The van der Waals surface area contributed by atoms with E-state index in [1.54, 1.807) is 0 Å². The van der Waals surface area contributed by atoms with Crippen LogP contribution in [0.25, 0.3) is 0 Å². The van der Waals surface area contributed by atoms with Crippen LogP contribution in [-0.2, 0) is 6.42 Å². The summed E-state index contributed by atoms with van der Waals surface area (Å²) in [7, 11) is 0. The first-order valence-corrected chi connectivity index (χ1v) is 6.57. The van der Waals surface area contributed by atoms with Crippen molar-refractivity contribution in [2.45, 2.75) is 20.3 Å². The van der Waals surface area contributed by atoms with Crippen LogP contribution in [-0.4, -0.2) is 5.33 Å². The van der Waals surface area contributed by atoms with E-state index in [0.29, 0.717) is 5.41 Å². The number of rotatable bonds is 3. The minimum Gasteiger partial charge on any atom is -0.133 e. The van der Waals surface area contributed by atoms with Crippen molar-refractivity contribution >= 4 is 43.2 Å². The Labute approximate surface area is 94.6 Å². The maximum absolute atomic E-state index is 3.53. The molecule has 1 aromatic rings. The molecule has 0 aliphatic heterocycles. The fourth-order valence-electron chi connectivity index (χ4n) is 0.966. The maximum atomic E-state index is 3.53. The molecule has 1 heterocycles. The van der Waals surface area contributed by atoms with Crippen LogP contribution in [0, 0.1) is 5.41 Å². The second-order valence-corrected chi connectivity index (χ2v) is 6.79. The van der Waals surface area contributed by atoms with Crippen molar-refractivity contribution in [2.24, 2.45) is 5.41 Å². The van der Waals surface area contributed by atoms with E-state index in [0.717, 1.165) is 11.8 Å². The van der Waals surface area contributed by atoms with E-state index < -0.39 is 0 Å². The summed E-state index contributed by atoms with van der Waals surface area (Å²) in [6, 6.07) is 4.31. The van der Waals surface area contributed by atoms with Crippen molar-refractivity contribution < 1.29 is 0 Å². The molecule has 68 valence electrons. The Morgan fingerprint density at radius 2 is 2.08 bits per heavy atom. The average Bonchev–Trinajstić information content (AvgIpc) is 2.35. The maximum Gasteiger partial charge on any atom is 0.0701 e. The topological polar surface area (TPSA) is 0 Å². The van der Waals surface area contributed by atoms with Gasteiger partial charge in [0.2, 0.25) is 0 Å². The molecular weight excluding hydrogens is 300 g/mol. The Hall–Kier alpha value is 0.660. The van der Waals surface area contributed by atoms with E-state index in [9.17, 15) is 0 Å². The SMILES string of the molecule is CC(C)(CBr)Cc1ccc(Br)s1. The fourth-order valence-corrected chi connectivity index (χ4v) is 2.91. The van der Waals surface area contributed by atoms with E-state index in [1.807, 2.05) is 11.3 Å². The monoisotopic (exact) mass is 310 g/mol. The molecule has 0 saturated heterocycles. The van der Waals surface area contributed by atoms with Crippen molar-refractivity contribution in [2.75, 3.05) is 5.33 Å². The third kappa shape index (κ3) is 3.19. The van der Waals surface area contributed by atoms with Gasteiger partial charge >= 0.3 is 0 Å². The highest BCUT2D eigenvalue weighted by molar-refractivity contribution is 9.11. The van der Waals surface area contributed by atoms with Gasteiger partial charge < -0.3 is 0 Å². The zero-order valence-electron chi connectivity index (χ0n) is 7.23. The molecule has 0 aliphatic rings. The Kier molecular flexibility index (Phi) is 3.80. The van der Waals surface area contributed by atoms with Crippen LogP contribution in [0.4, 0.5) is 0 Å². The Morgan fingerprint density at radius 1 is 1.42 bits per heavy atom. The molecule has 0 aliphatic carbocycles.